The van der Waals surface area contributed by atoms with Crippen LogP contribution in [0.4, 0.5) is 5.69 Å². The highest BCUT2D eigenvalue weighted by Gasteiger charge is 2.16. The van der Waals surface area contributed by atoms with E-state index in [1.807, 2.05) is 6.07 Å². The highest BCUT2D eigenvalue weighted by Crippen LogP contribution is 2.30. The molecule has 31 heavy (non-hydrogen) atoms. The van der Waals surface area contributed by atoms with Crippen molar-refractivity contribution in [1.82, 2.24) is 5.43 Å². The Morgan fingerprint density at radius 1 is 1.03 bits per heavy atom. The van der Waals surface area contributed by atoms with Crippen molar-refractivity contribution in [1.29, 1.82) is 5.26 Å². The van der Waals surface area contributed by atoms with Crippen molar-refractivity contribution in [3.63, 3.8) is 0 Å². The Balaban J connectivity index is 1.80. The Morgan fingerprint density at radius 2 is 1.71 bits per heavy atom. The second-order valence-electron chi connectivity index (χ2n) is 5.99. The van der Waals surface area contributed by atoms with Gasteiger partial charge in [0, 0.05) is 10.7 Å². The number of rotatable bonds is 5. The Kier molecular flexibility index (Phi) is 6.99. The molecule has 0 fully saturated rings. The minimum atomic E-state index is -4.08. The molecule has 8 nitrogen and oxygen atoms in total. The number of benzene rings is 3. The molecule has 0 radical (unpaired) electrons. The maximum absolute atomic E-state index is 12.6. The van der Waals surface area contributed by atoms with Gasteiger partial charge in [0.15, 0.2) is 0 Å². The molecule has 0 aromatic heterocycles. The maximum atomic E-state index is 12.6. The van der Waals surface area contributed by atoms with Crippen LogP contribution in [0.15, 0.2) is 76.0 Å². The van der Waals surface area contributed by atoms with E-state index in [1.54, 1.807) is 42.5 Å². The Labute approximate surface area is 188 Å². The molecule has 11 heteroatoms. The first kappa shape index (κ1) is 22.4. The lowest BCUT2D eigenvalue weighted by Gasteiger charge is -2.10. The zero-order chi connectivity index (χ0) is 22.4. The molecule has 0 heterocycles. The zero-order valence-corrected chi connectivity index (χ0v) is 18.0. The number of halogens is 2. The standard InChI is InChI=1S/C20H15Cl2N5O3S/c21-13-4-6-14(7-5-13)25-20(26-24)27-31(28,29)16-10-8-15(9-11-16)30-19-3-1-2-18(22)17(19)12-23/h1-11H,24H2,(H2,25,26,27). The van der Waals surface area contributed by atoms with Crippen LogP contribution >= 0.6 is 23.2 Å². The van der Waals surface area contributed by atoms with Crippen LogP contribution in [0.3, 0.4) is 0 Å². The third kappa shape index (κ3) is 5.65. The van der Waals surface area contributed by atoms with E-state index in [-0.39, 0.29) is 27.2 Å². The van der Waals surface area contributed by atoms with Gasteiger partial charge in [-0.3, -0.25) is 5.43 Å². The monoisotopic (exact) mass is 475 g/mol. The second kappa shape index (κ2) is 9.68. The molecule has 3 rings (SSSR count). The number of hydrazine groups is 1. The molecule has 0 aliphatic heterocycles. The van der Waals surface area contributed by atoms with Gasteiger partial charge in [0.1, 0.15) is 23.1 Å². The van der Waals surface area contributed by atoms with Gasteiger partial charge in [0.2, 0.25) is 5.96 Å². The quantitative estimate of drug-likeness (QED) is 0.217. The van der Waals surface area contributed by atoms with E-state index in [1.165, 1.54) is 24.3 Å². The molecule has 0 amide bonds. The van der Waals surface area contributed by atoms with Gasteiger partial charge in [-0.1, -0.05) is 29.3 Å². The smallest absolute Gasteiger partial charge is 0.285 e. The molecular formula is C20H15Cl2N5O3S. The number of nitrogens with two attached hydrogens (primary N) is 1. The van der Waals surface area contributed by atoms with E-state index in [2.05, 4.69) is 15.1 Å². The fourth-order valence-corrected chi connectivity index (χ4v) is 3.69. The average Bonchev–Trinajstić information content (AvgIpc) is 2.75. The number of nitrogens with zero attached hydrogens (tertiary/aromatic N) is 2. The number of ether oxygens (including phenoxy) is 1. The van der Waals surface area contributed by atoms with Gasteiger partial charge in [-0.25, -0.2) is 5.84 Å². The van der Waals surface area contributed by atoms with E-state index in [9.17, 15) is 13.7 Å². The van der Waals surface area contributed by atoms with E-state index in [4.69, 9.17) is 33.8 Å². The predicted octanol–water partition coefficient (Wildman–Crippen LogP) is 4.28. The molecule has 0 aliphatic carbocycles. The molecule has 0 bridgehead atoms. The summed E-state index contributed by atoms with van der Waals surface area (Å²) in [6.07, 6.45) is 0. The van der Waals surface area contributed by atoms with Crippen molar-refractivity contribution in [2.75, 3.05) is 5.32 Å². The molecule has 0 aliphatic rings. The summed E-state index contributed by atoms with van der Waals surface area (Å²) in [7, 11) is -4.08. The van der Waals surface area contributed by atoms with Crippen molar-refractivity contribution in [2.45, 2.75) is 4.90 Å². The van der Waals surface area contributed by atoms with Crippen LogP contribution in [-0.4, -0.2) is 14.4 Å². The first-order valence-electron chi connectivity index (χ1n) is 8.63. The van der Waals surface area contributed by atoms with Crippen LogP contribution in [0, 0.1) is 11.3 Å². The summed E-state index contributed by atoms with van der Waals surface area (Å²) in [6.45, 7) is 0. The minimum absolute atomic E-state index is 0.0860. The number of nitriles is 1. The first-order chi connectivity index (χ1) is 14.8. The lowest BCUT2D eigenvalue weighted by Crippen LogP contribution is -2.36. The van der Waals surface area contributed by atoms with Gasteiger partial charge in [0.05, 0.1) is 9.92 Å². The number of anilines is 1. The molecule has 0 spiro atoms. The number of hydrogen-bond acceptors (Lipinski definition) is 5. The van der Waals surface area contributed by atoms with Gasteiger partial charge in [-0.05, 0) is 60.7 Å². The van der Waals surface area contributed by atoms with Gasteiger partial charge >= 0.3 is 0 Å². The topological polar surface area (TPSA) is 130 Å². The summed E-state index contributed by atoms with van der Waals surface area (Å²) in [5.41, 5.74) is 2.93. The maximum Gasteiger partial charge on any atom is 0.285 e. The van der Waals surface area contributed by atoms with Crippen LogP contribution in [0.25, 0.3) is 0 Å². The number of guanidine groups is 1. The largest absolute Gasteiger partial charge is 0.456 e. The van der Waals surface area contributed by atoms with Crippen LogP contribution in [0.5, 0.6) is 11.5 Å². The van der Waals surface area contributed by atoms with E-state index >= 15 is 0 Å². The van der Waals surface area contributed by atoms with Gasteiger partial charge < -0.3 is 10.1 Å². The number of hydrogen-bond donors (Lipinski definition) is 3. The summed E-state index contributed by atoms with van der Waals surface area (Å²) in [5.74, 6) is 5.79. The average molecular weight is 476 g/mol. The van der Waals surface area contributed by atoms with Crippen LogP contribution < -0.4 is 21.3 Å². The van der Waals surface area contributed by atoms with Crippen molar-refractivity contribution in [3.05, 3.63) is 82.3 Å². The summed E-state index contributed by atoms with van der Waals surface area (Å²) in [5, 5.41) is 12.7. The van der Waals surface area contributed by atoms with E-state index < -0.39 is 10.0 Å². The van der Waals surface area contributed by atoms with E-state index in [0.29, 0.717) is 16.5 Å². The summed E-state index contributed by atoms with van der Waals surface area (Å²) in [6, 6.07) is 18.8. The zero-order valence-electron chi connectivity index (χ0n) is 15.7. The molecule has 3 aromatic rings. The van der Waals surface area contributed by atoms with Crippen molar-refractivity contribution in [3.8, 4) is 17.6 Å². The Morgan fingerprint density at radius 3 is 2.32 bits per heavy atom. The van der Waals surface area contributed by atoms with Crippen LogP contribution in [-0.2, 0) is 10.0 Å². The van der Waals surface area contributed by atoms with Crippen molar-refractivity contribution < 1.29 is 13.2 Å². The van der Waals surface area contributed by atoms with Gasteiger partial charge in [-0.2, -0.15) is 13.7 Å². The molecule has 3 aromatic carbocycles. The fraction of sp³-hybridized carbons (Fsp3) is 0. The number of nitrogens with one attached hydrogen (secondary N) is 2. The summed E-state index contributed by atoms with van der Waals surface area (Å²) >= 11 is 11.8. The normalized spacial score (nSPS) is 11.5. The highest BCUT2D eigenvalue weighted by atomic mass is 35.5. The molecule has 158 valence electrons. The fourth-order valence-electron chi connectivity index (χ4n) is 2.43. The molecule has 4 N–H and O–H groups in total. The highest BCUT2D eigenvalue weighted by molar-refractivity contribution is 7.90. The third-order valence-electron chi connectivity index (χ3n) is 3.89. The van der Waals surface area contributed by atoms with Crippen LogP contribution in [0.1, 0.15) is 5.56 Å². The Hall–Kier alpha value is -3.29. The lowest BCUT2D eigenvalue weighted by atomic mass is 10.2. The van der Waals surface area contributed by atoms with Crippen molar-refractivity contribution >= 4 is 44.9 Å². The van der Waals surface area contributed by atoms with Crippen LogP contribution in [0.2, 0.25) is 10.0 Å². The predicted molar refractivity (Wildman–Crippen MR) is 120 cm³/mol. The van der Waals surface area contributed by atoms with Gasteiger partial charge in [-0.15, -0.1) is 4.40 Å². The third-order valence-corrected chi connectivity index (χ3v) is 5.75. The Bertz CT molecular complexity index is 1260. The molecule has 0 saturated heterocycles. The van der Waals surface area contributed by atoms with Gasteiger partial charge in [0.25, 0.3) is 10.0 Å². The summed E-state index contributed by atoms with van der Waals surface area (Å²) < 4.78 is 34.6. The van der Waals surface area contributed by atoms with E-state index in [0.717, 1.165) is 0 Å². The molecule has 0 atom stereocenters. The SMILES string of the molecule is N#Cc1c(Cl)cccc1Oc1ccc(S(=O)(=O)/N=C(\NN)Nc2ccc(Cl)cc2)cc1. The first-order valence-corrected chi connectivity index (χ1v) is 10.8. The molecular weight excluding hydrogens is 461 g/mol. The molecule has 0 saturated carbocycles. The lowest BCUT2D eigenvalue weighted by molar-refractivity contribution is 0.480. The second-order valence-corrected chi connectivity index (χ2v) is 8.44. The summed E-state index contributed by atoms with van der Waals surface area (Å²) in [4.78, 5) is -0.0860. The molecule has 0 unspecified atom stereocenters. The van der Waals surface area contributed by atoms with Crippen molar-refractivity contribution in [2.24, 2.45) is 10.2 Å². The number of sulfonamides is 1. The minimum Gasteiger partial charge on any atom is -0.456 e.